The van der Waals surface area contributed by atoms with Crippen LogP contribution < -0.4 is 5.32 Å². The van der Waals surface area contributed by atoms with E-state index >= 15 is 0 Å². The average molecular weight is 442 g/mol. The molecule has 1 aliphatic heterocycles. The number of hydrogen-bond donors (Lipinski definition) is 1. The molecule has 6 rings (SSSR count). The van der Waals surface area contributed by atoms with Gasteiger partial charge in [-0.15, -0.1) is 0 Å². The Labute approximate surface area is 189 Å². The topological polar surface area (TPSA) is 45.2 Å². The van der Waals surface area contributed by atoms with Crippen molar-refractivity contribution < 1.29 is 9.18 Å². The van der Waals surface area contributed by atoms with E-state index in [1.807, 2.05) is 42.8 Å². The molecule has 0 unspecified atom stereocenters. The van der Waals surface area contributed by atoms with E-state index in [0.717, 1.165) is 48.8 Å². The van der Waals surface area contributed by atoms with Crippen LogP contribution in [0.5, 0.6) is 0 Å². The fourth-order valence-corrected chi connectivity index (χ4v) is 6.03. The predicted molar refractivity (Wildman–Crippen MR) is 127 cm³/mol. The van der Waals surface area contributed by atoms with Gasteiger partial charge >= 0.3 is 0 Å². The van der Waals surface area contributed by atoms with E-state index in [0.29, 0.717) is 23.1 Å². The Bertz CT molecular complexity index is 950. The number of thioether (sulfide) groups is 1. The third kappa shape index (κ3) is 4.32. The van der Waals surface area contributed by atoms with Crippen molar-refractivity contribution in [2.45, 2.75) is 58.3 Å². The molecule has 4 nitrogen and oxygen atoms in total. The van der Waals surface area contributed by atoms with E-state index < -0.39 is 0 Å². The first-order chi connectivity index (χ1) is 15.1. The van der Waals surface area contributed by atoms with Gasteiger partial charge in [0.1, 0.15) is 11.5 Å². The maximum absolute atomic E-state index is 13.7. The van der Waals surface area contributed by atoms with Crippen molar-refractivity contribution in [3.05, 3.63) is 52.6 Å². The number of aromatic nitrogens is 1. The lowest BCUT2D eigenvalue weighted by atomic mass is 9.66. The molecule has 1 saturated carbocycles. The summed E-state index contributed by atoms with van der Waals surface area (Å²) in [7, 11) is 0. The first kappa shape index (κ1) is 22.1. The minimum absolute atomic E-state index is 0.0956. The van der Waals surface area contributed by atoms with Crippen molar-refractivity contribution in [1.82, 2.24) is 9.88 Å². The zero-order valence-electron chi connectivity index (χ0n) is 18.7. The standard InChI is InChI=1S/C23H26FN3OS.C2H6/c1-14-12-17(6-7-18(14)24)26-19-13-25-22(23(28)27-8-10-29-11-9-27)21-16-4-2-15(3-5-16)20(19)21;1-2/h6-7,12-13,15-16,26H,2-5,8-11H2,1H3;1-2H3. The van der Waals surface area contributed by atoms with Gasteiger partial charge in [0, 0.05) is 30.3 Å². The molecule has 1 amide bonds. The molecule has 1 N–H and O–H groups in total. The first-order valence-electron chi connectivity index (χ1n) is 11.5. The summed E-state index contributed by atoms with van der Waals surface area (Å²) in [6, 6.07) is 5.09. The highest BCUT2D eigenvalue weighted by molar-refractivity contribution is 7.99. The van der Waals surface area contributed by atoms with Gasteiger partial charge < -0.3 is 10.2 Å². The summed E-state index contributed by atoms with van der Waals surface area (Å²) in [5.74, 6) is 2.81. The number of carbonyl (C=O) groups is 1. The second-order valence-corrected chi connectivity index (χ2v) is 9.61. The maximum Gasteiger partial charge on any atom is 0.272 e. The van der Waals surface area contributed by atoms with Gasteiger partial charge in [-0.05, 0) is 79.3 Å². The SMILES string of the molecule is CC.Cc1cc(Nc2cnc(C(=O)N3CCSCC3)c3c2C2CCC3CC2)ccc1F. The van der Waals surface area contributed by atoms with Gasteiger partial charge in [0.15, 0.2) is 0 Å². The van der Waals surface area contributed by atoms with E-state index in [-0.39, 0.29) is 11.7 Å². The molecular formula is C25H32FN3OS. The first-order valence-corrected chi connectivity index (χ1v) is 12.7. The van der Waals surface area contributed by atoms with Crippen LogP contribution in [-0.4, -0.2) is 40.4 Å². The van der Waals surface area contributed by atoms with Gasteiger partial charge in [0.05, 0.1) is 11.9 Å². The molecule has 4 aliphatic rings. The van der Waals surface area contributed by atoms with Crippen LogP contribution >= 0.6 is 11.8 Å². The Morgan fingerprint density at radius 3 is 2.39 bits per heavy atom. The molecule has 2 heterocycles. The predicted octanol–water partition coefficient (Wildman–Crippen LogP) is 6.24. The number of amides is 1. The van der Waals surface area contributed by atoms with Crippen LogP contribution in [0.3, 0.4) is 0 Å². The smallest absolute Gasteiger partial charge is 0.272 e. The zero-order chi connectivity index (χ0) is 22.0. The summed E-state index contributed by atoms with van der Waals surface area (Å²) in [5.41, 5.74) is 5.58. The number of fused-ring (bicyclic) bond motifs is 2. The van der Waals surface area contributed by atoms with E-state index in [2.05, 4.69) is 10.3 Å². The Morgan fingerprint density at radius 1 is 1.10 bits per heavy atom. The molecule has 2 fully saturated rings. The summed E-state index contributed by atoms with van der Waals surface area (Å²) < 4.78 is 13.7. The number of anilines is 2. The Hall–Kier alpha value is -2.08. The molecule has 6 heteroatoms. The summed E-state index contributed by atoms with van der Waals surface area (Å²) in [5, 5.41) is 3.47. The largest absolute Gasteiger partial charge is 0.354 e. The van der Waals surface area contributed by atoms with Crippen LogP contribution in [0.1, 0.15) is 78.5 Å². The average Bonchev–Trinajstić information content (AvgIpc) is 2.84. The third-order valence-electron chi connectivity index (χ3n) is 6.64. The van der Waals surface area contributed by atoms with Crippen molar-refractivity contribution in [2.24, 2.45) is 0 Å². The number of halogens is 1. The third-order valence-corrected chi connectivity index (χ3v) is 7.58. The molecule has 166 valence electrons. The quantitative estimate of drug-likeness (QED) is 0.612. The van der Waals surface area contributed by atoms with E-state index in [4.69, 9.17) is 0 Å². The lowest BCUT2D eigenvalue weighted by Gasteiger charge is -2.40. The van der Waals surface area contributed by atoms with Crippen LogP contribution in [0.2, 0.25) is 0 Å². The number of pyridine rings is 1. The van der Waals surface area contributed by atoms with Crippen LogP contribution in [0.4, 0.5) is 15.8 Å². The molecule has 1 aromatic carbocycles. The second kappa shape index (κ2) is 9.60. The number of hydrogen-bond acceptors (Lipinski definition) is 4. The lowest BCUT2D eigenvalue weighted by molar-refractivity contribution is 0.0763. The summed E-state index contributed by atoms with van der Waals surface area (Å²) in [6.45, 7) is 7.39. The van der Waals surface area contributed by atoms with Crippen LogP contribution in [0.15, 0.2) is 24.4 Å². The van der Waals surface area contributed by atoms with E-state index in [1.54, 1.807) is 13.0 Å². The molecule has 1 saturated heterocycles. The lowest BCUT2D eigenvalue weighted by Crippen LogP contribution is -2.39. The molecule has 1 aromatic heterocycles. The van der Waals surface area contributed by atoms with Gasteiger partial charge in [-0.1, -0.05) is 13.8 Å². The molecule has 0 spiro atoms. The Kier molecular flexibility index (Phi) is 6.85. The van der Waals surface area contributed by atoms with Crippen molar-refractivity contribution >= 4 is 29.0 Å². The number of nitrogens with zero attached hydrogens (tertiary/aromatic N) is 2. The molecular weight excluding hydrogens is 409 g/mol. The van der Waals surface area contributed by atoms with Gasteiger partial charge in [0.2, 0.25) is 0 Å². The Balaban J connectivity index is 0.00000112. The van der Waals surface area contributed by atoms with E-state index in [9.17, 15) is 9.18 Å². The summed E-state index contributed by atoms with van der Waals surface area (Å²) in [6.07, 6.45) is 6.47. The highest BCUT2D eigenvalue weighted by Crippen LogP contribution is 2.53. The fraction of sp³-hybridized carbons (Fsp3) is 0.520. The highest BCUT2D eigenvalue weighted by Gasteiger charge is 2.39. The number of aryl methyl sites for hydroxylation is 1. The van der Waals surface area contributed by atoms with Crippen LogP contribution in [0.25, 0.3) is 0 Å². The normalized spacial score (nSPS) is 21.7. The number of nitrogens with one attached hydrogen (secondary N) is 1. The van der Waals surface area contributed by atoms with Crippen molar-refractivity contribution in [3.63, 3.8) is 0 Å². The molecule has 2 bridgehead atoms. The van der Waals surface area contributed by atoms with Crippen LogP contribution in [-0.2, 0) is 0 Å². The van der Waals surface area contributed by atoms with Gasteiger partial charge in [0.25, 0.3) is 5.91 Å². The fourth-order valence-electron chi connectivity index (χ4n) is 5.13. The molecule has 31 heavy (non-hydrogen) atoms. The molecule has 0 radical (unpaired) electrons. The van der Waals surface area contributed by atoms with Crippen molar-refractivity contribution in [1.29, 1.82) is 0 Å². The van der Waals surface area contributed by atoms with Gasteiger partial charge in [-0.3, -0.25) is 4.79 Å². The molecule has 0 atom stereocenters. The van der Waals surface area contributed by atoms with Crippen molar-refractivity contribution in [2.75, 3.05) is 29.9 Å². The van der Waals surface area contributed by atoms with Gasteiger partial charge in [-0.25, -0.2) is 9.37 Å². The number of carbonyl (C=O) groups excluding carboxylic acids is 1. The summed E-state index contributed by atoms with van der Waals surface area (Å²) in [4.78, 5) is 19.9. The minimum atomic E-state index is -0.199. The monoisotopic (exact) mass is 441 g/mol. The molecule has 3 aliphatic carbocycles. The minimum Gasteiger partial charge on any atom is -0.354 e. The van der Waals surface area contributed by atoms with E-state index in [1.165, 1.54) is 30.0 Å². The van der Waals surface area contributed by atoms with Gasteiger partial charge in [-0.2, -0.15) is 11.8 Å². The highest BCUT2D eigenvalue weighted by atomic mass is 32.2. The second-order valence-electron chi connectivity index (χ2n) is 8.39. The summed E-state index contributed by atoms with van der Waals surface area (Å²) >= 11 is 1.91. The number of benzene rings is 1. The zero-order valence-corrected chi connectivity index (χ0v) is 19.5. The Morgan fingerprint density at radius 2 is 1.74 bits per heavy atom. The van der Waals surface area contributed by atoms with Crippen LogP contribution in [0, 0.1) is 12.7 Å². The number of rotatable bonds is 3. The molecule has 2 aromatic rings. The maximum atomic E-state index is 13.7. The van der Waals surface area contributed by atoms with Crippen molar-refractivity contribution in [3.8, 4) is 0 Å².